The van der Waals surface area contributed by atoms with Crippen LogP contribution in [0.5, 0.6) is 0 Å². The van der Waals surface area contributed by atoms with Crippen LogP contribution in [-0.4, -0.2) is 28.1 Å². The maximum Gasteiger partial charge on any atom is 0.285 e. The quantitative estimate of drug-likeness (QED) is 0.388. The van der Waals surface area contributed by atoms with Gasteiger partial charge in [-0.2, -0.15) is 0 Å². The van der Waals surface area contributed by atoms with Gasteiger partial charge in [0.2, 0.25) is 0 Å². The Morgan fingerprint density at radius 1 is 1.34 bits per heavy atom. The second kappa shape index (κ2) is 7.28. The lowest BCUT2D eigenvalue weighted by Crippen LogP contribution is -2.38. The number of rotatable bonds is 3. The molecule has 4 rings (SSSR count). The van der Waals surface area contributed by atoms with E-state index in [2.05, 4.69) is 27.1 Å². The second-order valence-electron chi connectivity index (χ2n) is 6.90. The molecule has 0 spiro atoms. The van der Waals surface area contributed by atoms with Gasteiger partial charge in [0.25, 0.3) is 5.69 Å². The van der Waals surface area contributed by atoms with Crippen LogP contribution in [0.15, 0.2) is 36.7 Å². The van der Waals surface area contributed by atoms with E-state index >= 15 is 0 Å². The van der Waals surface area contributed by atoms with Gasteiger partial charge in [-0.3, -0.25) is 10.1 Å². The number of aromatic nitrogens is 2. The Bertz CT molecular complexity index is 1200. The molecule has 0 aliphatic carbocycles. The summed E-state index contributed by atoms with van der Waals surface area (Å²) in [6, 6.07) is 7.36. The number of nitrogens with one attached hydrogen (secondary N) is 1. The average Bonchev–Trinajstić information content (AvgIpc) is 2.67. The highest BCUT2D eigenvalue weighted by atomic mass is 35.5. The predicted molar refractivity (Wildman–Crippen MR) is 107 cm³/mol. The van der Waals surface area contributed by atoms with Crippen molar-refractivity contribution in [2.75, 3.05) is 18.5 Å². The molecule has 1 N–H and O–H groups in total. The van der Waals surface area contributed by atoms with E-state index in [4.69, 9.17) is 16.3 Å². The van der Waals surface area contributed by atoms with Gasteiger partial charge in [-0.15, -0.1) is 0 Å². The van der Waals surface area contributed by atoms with Gasteiger partial charge in [0, 0.05) is 11.5 Å². The second-order valence-corrected chi connectivity index (χ2v) is 7.30. The Morgan fingerprint density at radius 3 is 2.83 bits per heavy atom. The molecule has 1 aromatic heterocycles. The number of nitro groups is 1. The molecule has 0 atom stereocenters. The molecule has 0 saturated carbocycles. The summed E-state index contributed by atoms with van der Waals surface area (Å²) in [5.74, 6) is 5.50. The Kier molecular flexibility index (Phi) is 4.78. The van der Waals surface area contributed by atoms with Crippen LogP contribution < -0.4 is 5.32 Å². The van der Waals surface area contributed by atoms with E-state index in [-0.39, 0.29) is 33.2 Å². The zero-order valence-corrected chi connectivity index (χ0v) is 16.0. The van der Waals surface area contributed by atoms with Crippen molar-refractivity contribution in [1.82, 2.24) is 9.97 Å². The smallest absolute Gasteiger partial charge is 0.285 e. The summed E-state index contributed by atoms with van der Waals surface area (Å²) >= 11 is 5.81. The van der Waals surface area contributed by atoms with Crippen LogP contribution in [0.3, 0.4) is 0 Å². The lowest BCUT2D eigenvalue weighted by Gasteiger charge is -2.32. The Labute approximate surface area is 170 Å². The molecule has 1 aliphatic heterocycles. The number of nitro benzene ring substituents is 1. The van der Waals surface area contributed by atoms with Gasteiger partial charge in [0.15, 0.2) is 5.82 Å². The first-order valence-electron chi connectivity index (χ1n) is 8.61. The standard InChI is InChI=1S/C20H14ClFN4O3/c1-20(9-29-10-20)6-5-12-7-16-13(8-17(12)26(27)28)19(24-11-23-16)25-15-4-2-3-14(21)18(15)22/h2-4,7-8,11H,9-10H2,1H3,(H,23,24,25). The van der Waals surface area contributed by atoms with Gasteiger partial charge < -0.3 is 10.1 Å². The Hall–Kier alpha value is -3.28. The number of ether oxygens (including phenoxy) is 1. The number of hydrogen-bond donors (Lipinski definition) is 1. The maximum absolute atomic E-state index is 14.2. The molecule has 1 saturated heterocycles. The van der Waals surface area contributed by atoms with E-state index in [1.165, 1.54) is 30.6 Å². The number of anilines is 2. The van der Waals surface area contributed by atoms with Crippen molar-refractivity contribution in [2.24, 2.45) is 5.41 Å². The van der Waals surface area contributed by atoms with Crippen LogP contribution in [0.1, 0.15) is 12.5 Å². The fourth-order valence-corrected chi connectivity index (χ4v) is 3.04. The first kappa shape index (κ1) is 19.1. The summed E-state index contributed by atoms with van der Waals surface area (Å²) in [6.07, 6.45) is 1.29. The molecule has 0 bridgehead atoms. The molecule has 0 amide bonds. The first-order valence-corrected chi connectivity index (χ1v) is 8.99. The summed E-state index contributed by atoms with van der Waals surface area (Å²) in [5, 5.41) is 14.8. The van der Waals surface area contributed by atoms with Crippen molar-refractivity contribution in [3.63, 3.8) is 0 Å². The third-order valence-corrected chi connectivity index (χ3v) is 4.79. The molecule has 0 unspecified atom stereocenters. The van der Waals surface area contributed by atoms with Crippen molar-refractivity contribution >= 4 is 39.7 Å². The summed E-state index contributed by atoms with van der Waals surface area (Å²) < 4.78 is 19.4. The number of halogens is 2. The minimum Gasteiger partial charge on any atom is -0.378 e. The zero-order valence-electron chi connectivity index (χ0n) is 15.2. The maximum atomic E-state index is 14.2. The highest BCUT2D eigenvalue weighted by molar-refractivity contribution is 6.31. The summed E-state index contributed by atoms with van der Waals surface area (Å²) in [7, 11) is 0. The Morgan fingerprint density at radius 2 is 2.14 bits per heavy atom. The van der Waals surface area contributed by atoms with Crippen LogP contribution in [0, 0.1) is 33.2 Å². The lowest BCUT2D eigenvalue weighted by atomic mass is 9.89. The van der Waals surface area contributed by atoms with Crippen molar-refractivity contribution < 1.29 is 14.1 Å². The molecular weight excluding hydrogens is 399 g/mol. The molecule has 0 radical (unpaired) electrons. The van der Waals surface area contributed by atoms with Crippen LogP contribution in [0.2, 0.25) is 5.02 Å². The summed E-state index contributed by atoms with van der Waals surface area (Å²) in [4.78, 5) is 19.4. The third kappa shape index (κ3) is 3.70. The normalized spacial score (nSPS) is 14.6. The fraction of sp³-hybridized carbons (Fsp3) is 0.200. The van der Waals surface area contributed by atoms with E-state index < -0.39 is 10.7 Å². The van der Waals surface area contributed by atoms with Crippen molar-refractivity contribution in [3.05, 3.63) is 63.2 Å². The molecule has 2 aromatic carbocycles. The van der Waals surface area contributed by atoms with Crippen LogP contribution in [0.25, 0.3) is 10.9 Å². The third-order valence-electron chi connectivity index (χ3n) is 4.49. The van der Waals surface area contributed by atoms with Gasteiger partial charge in [0.1, 0.15) is 17.7 Å². The van der Waals surface area contributed by atoms with E-state index in [9.17, 15) is 14.5 Å². The predicted octanol–water partition coefficient (Wildman–Crippen LogP) is 4.46. The van der Waals surface area contributed by atoms with E-state index in [0.29, 0.717) is 24.1 Å². The van der Waals surface area contributed by atoms with Gasteiger partial charge in [-0.25, -0.2) is 14.4 Å². The first-order chi connectivity index (χ1) is 13.9. The van der Waals surface area contributed by atoms with E-state index in [1.807, 2.05) is 6.92 Å². The number of nitrogens with zero attached hydrogens (tertiary/aromatic N) is 3. The molecule has 146 valence electrons. The van der Waals surface area contributed by atoms with Crippen molar-refractivity contribution in [1.29, 1.82) is 0 Å². The Balaban J connectivity index is 1.81. The average molecular weight is 413 g/mol. The van der Waals surface area contributed by atoms with Crippen molar-refractivity contribution in [2.45, 2.75) is 6.92 Å². The molecule has 1 aliphatic rings. The minimum atomic E-state index is -0.645. The van der Waals surface area contributed by atoms with Gasteiger partial charge >= 0.3 is 0 Å². The van der Waals surface area contributed by atoms with Gasteiger partial charge in [-0.05, 0) is 25.1 Å². The minimum absolute atomic E-state index is 0.0506. The SMILES string of the molecule is CC1(C#Cc2cc3ncnc(Nc4cccc(Cl)c4F)c3cc2[N+](=O)[O-])COC1. The molecule has 29 heavy (non-hydrogen) atoms. The van der Waals surface area contributed by atoms with Gasteiger partial charge in [-0.1, -0.05) is 29.5 Å². The van der Waals surface area contributed by atoms with E-state index in [0.717, 1.165) is 0 Å². The number of benzene rings is 2. The lowest BCUT2D eigenvalue weighted by molar-refractivity contribution is -0.385. The molecule has 9 heteroatoms. The largest absolute Gasteiger partial charge is 0.378 e. The number of hydrogen-bond acceptors (Lipinski definition) is 6. The summed E-state index contributed by atoms with van der Waals surface area (Å²) in [5.41, 5.74) is 0.287. The molecule has 3 aromatic rings. The van der Waals surface area contributed by atoms with E-state index in [1.54, 1.807) is 6.07 Å². The summed E-state index contributed by atoms with van der Waals surface area (Å²) in [6.45, 7) is 2.91. The molecular formula is C20H14ClFN4O3. The van der Waals surface area contributed by atoms with Crippen LogP contribution >= 0.6 is 11.6 Å². The molecule has 7 nitrogen and oxygen atoms in total. The molecule has 1 fully saturated rings. The topological polar surface area (TPSA) is 90.2 Å². The molecule has 2 heterocycles. The fourth-order valence-electron chi connectivity index (χ4n) is 2.87. The highest BCUT2D eigenvalue weighted by Gasteiger charge is 2.31. The highest BCUT2D eigenvalue weighted by Crippen LogP contribution is 2.32. The number of fused-ring (bicyclic) bond motifs is 1. The van der Waals surface area contributed by atoms with Gasteiger partial charge in [0.05, 0.1) is 39.8 Å². The van der Waals surface area contributed by atoms with Crippen molar-refractivity contribution in [3.8, 4) is 11.8 Å². The van der Waals surface area contributed by atoms with Crippen LogP contribution in [-0.2, 0) is 4.74 Å². The zero-order chi connectivity index (χ0) is 20.6. The van der Waals surface area contributed by atoms with Crippen LogP contribution in [0.4, 0.5) is 21.6 Å². The monoisotopic (exact) mass is 412 g/mol.